The van der Waals surface area contributed by atoms with Crippen LogP contribution in [0.4, 0.5) is 0 Å². The molecule has 3 rings (SSSR count). The minimum Gasteiger partial charge on any atom is -0.456 e. The van der Waals surface area contributed by atoms with E-state index in [2.05, 4.69) is 10.2 Å². The first kappa shape index (κ1) is 14.8. The summed E-state index contributed by atoms with van der Waals surface area (Å²) in [5.74, 6) is 0.173. The lowest BCUT2D eigenvalue weighted by Crippen LogP contribution is -2.27. The number of rotatable bonds is 4. The molecule has 1 aliphatic carbocycles. The van der Waals surface area contributed by atoms with Crippen LogP contribution in [0.3, 0.4) is 0 Å². The second-order valence-electron chi connectivity index (χ2n) is 6.91. The zero-order valence-electron chi connectivity index (χ0n) is 13.5. The molecule has 0 atom stereocenters. The summed E-state index contributed by atoms with van der Waals surface area (Å²) in [5.41, 5.74) is 2.15. The van der Waals surface area contributed by atoms with Crippen molar-refractivity contribution < 1.29 is 9.53 Å². The molecular formula is C16H22N4O2. The fourth-order valence-electron chi connectivity index (χ4n) is 2.40. The highest BCUT2D eigenvalue weighted by atomic mass is 16.5. The van der Waals surface area contributed by atoms with Crippen LogP contribution in [0.1, 0.15) is 61.3 Å². The van der Waals surface area contributed by atoms with Crippen LogP contribution in [0.5, 0.6) is 0 Å². The molecule has 0 spiro atoms. The lowest BCUT2D eigenvalue weighted by molar-refractivity contribution is 0.0450. The van der Waals surface area contributed by atoms with Gasteiger partial charge in [0.1, 0.15) is 12.3 Å². The van der Waals surface area contributed by atoms with Crippen LogP contribution in [0.2, 0.25) is 0 Å². The summed E-state index contributed by atoms with van der Waals surface area (Å²) in [7, 11) is 1.84. The average Bonchev–Trinajstić information content (AvgIpc) is 3.04. The molecule has 2 aromatic heterocycles. The first-order chi connectivity index (χ1) is 10.3. The van der Waals surface area contributed by atoms with Crippen LogP contribution in [0.25, 0.3) is 0 Å². The normalized spacial score (nSPS) is 15.1. The Morgan fingerprint density at radius 3 is 2.68 bits per heavy atom. The Morgan fingerprint density at radius 1 is 1.41 bits per heavy atom. The molecule has 1 aliphatic rings. The van der Waals surface area contributed by atoms with Gasteiger partial charge in [0.25, 0.3) is 0 Å². The van der Waals surface area contributed by atoms with Gasteiger partial charge in [-0.25, -0.2) is 4.79 Å². The van der Waals surface area contributed by atoms with Crippen molar-refractivity contribution >= 4 is 5.97 Å². The highest BCUT2D eigenvalue weighted by Crippen LogP contribution is 2.40. The van der Waals surface area contributed by atoms with E-state index in [1.54, 1.807) is 15.6 Å². The molecule has 0 aliphatic heterocycles. The fourth-order valence-corrected chi connectivity index (χ4v) is 2.40. The maximum Gasteiger partial charge on any atom is 0.356 e. The van der Waals surface area contributed by atoms with Gasteiger partial charge in [0.2, 0.25) is 0 Å². The number of hydrogen-bond donors (Lipinski definition) is 0. The number of aryl methyl sites for hydroxylation is 1. The summed E-state index contributed by atoms with van der Waals surface area (Å²) in [6.07, 6.45) is 5.85. The van der Waals surface area contributed by atoms with E-state index >= 15 is 0 Å². The van der Waals surface area contributed by atoms with Gasteiger partial charge in [-0.05, 0) is 39.7 Å². The van der Waals surface area contributed by atoms with Crippen molar-refractivity contribution in [3.8, 4) is 0 Å². The topological polar surface area (TPSA) is 61.9 Å². The number of ether oxygens (including phenoxy) is 1. The summed E-state index contributed by atoms with van der Waals surface area (Å²) < 4.78 is 8.90. The van der Waals surface area contributed by atoms with Gasteiger partial charge in [0.05, 0.1) is 17.4 Å². The lowest BCUT2D eigenvalue weighted by atomic mass is 10.1. The minimum atomic E-state index is -0.335. The van der Waals surface area contributed by atoms with Crippen molar-refractivity contribution in [1.82, 2.24) is 19.6 Å². The highest BCUT2D eigenvalue weighted by Gasteiger charge is 2.31. The maximum absolute atomic E-state index is 12.4. The Hall–Kier alpha value is -2.11. The van der Waals surface area contributed by atoms with Gasteiger partial charge in [-0.2, -0.15) is 10.2 Å². The van der Waals surface area contributed by atoms with Gasteiger partial charge >= 0.3 is 5.97 Å². The first-order valence-corrected chi connectivity index (χ1v) is 7.59. The number of nitrogens with zero attached hydrogens (tertiary/aromatic N) is 4. The van der Waals surface area contributed by atoms with Gasteiger partial charge in [-0.1, -0.05) is 0 Å². The largest absolute Gasteiger partial charge is 0.456 e. The zero-order valence-corrected chi connectivity index (χ0v) is 13.5. The maximum atomic E-state index is 12.4. The number of aromatic nitrogens is 4. The SMILES string of the molecule is Cn1cc(COC(=O)c2cc(C3CC3)nn2C(C)(C)C)cn1. The number of carbonyl (C=O) groups excluding carboxylic acids is 1. The third-order valence-corrected chi connectivity index (χ3v) is 3.70. The van der Waals surface area contributed by atoms with Gasteiger partial charge < -0.3 is 4.74 Å². The highest BCUT2D eigenvalue weighted by molar-refractivity contribution is 5.87. The zero-order chi connectivity index (χ0) is 15.9. The van der Waals surface area contributed by atoms with E-state index in [-0.39, 0.29) is 18.1 Å². The van der Waals surface area contributed by atoms with Gasteiger partial charge in [-0.15, -0.1) is 0 Å². The molecule has 2 aromatic rings. The van der Waals surface area contributed by atoms with Crippen molar-refractivity contribution in [2.75, 3.05) is 0 Å². The molecule has 0 aromatic carbocycles. The van der Waals surface area contributed by atoms with E-state index in [1.807, 2.05) is 40.1 Å². The monoisotopic (exact) mass is 302 g/mol. The van der Waals surface area contributed by atoms with Crippen LogP contribution in [-0.2, 0) is 23.9 Å². The first-order valence-electron chi connectivity index (χ1n) is 7.59. The van der Waals surface area contributed by atoms with Crippen molar-refractivity contribution in [2.24, 2.45) is 7.05 Å². The molecule has 0 N–H and O–H groups in total. The van der Waals surface area contributed by atoms with Crippen LogP contribution in [0, 0.1) is 0 Å². The molecule has 2 heterocycles. The number of carbonyl (C=O) groups is 1. The molecule has 1 fully saturated rings. The van der Waals surface area contributed by atoms with Crippen LogP contribution < -0.4 is 0 Å². The molecule has 0 amide bonds. The minimum absolute atomic E-state index is 0.223. The lowest BCUT2D eigenvalue weighted by Gasteiger charge is -2.21. The van der Waals surface area contributed by atoms with Crippen LogP contribution >= 0.6 is 0 Å². The predicted molar refractivity (Wildman–Crippen MR) is 81.5 cm³/mol. The number of hydrogen-bond acceptors (Lipinski definition) is 4. The Morgan fingerprint density at radius 2 is 2.14 bits per heavy atom. The third kappa shape index (κ3) is 3.05. The van der Waals surface area contributed by atoms with Crippen LogP contribution in [0.15, 0.2) is 18.5 Å². The molecule has 1 saturated carbocycles. The van der Waals surface area contributed by atoms with Crippen molar-refractivity contribution in [3.05, 3.63) is 35.4 Å². The molecular weight excluding hydrogens is 280 g/mol. The second-order valence-corrected chi connectivity index (χ2v) is 6.91. The fraction of sp³-hybridized carbons (Fsp3) is 0.562. The molecule has 0 radical (unpaired) electrons. The van der Waals surface area contributed by atoms with Crippen LogP contribution in [-0.4, -0.2) is 25.5 Å². The van der Waals surface area contributed by atoms with E-state index in [4.69, 9.17) is 4.74 Å². The van der Waals surface area contributed by atoms with Crippen molar-refractivity contribution in [2.45, 2.75) is 51.7 Å². The number of esters is 1. The molecule has 0 unspecified atom stereocenters. The smallest absolute Gasteiger partial charge is 0.356 e. The van der Waals surface area contributed by atoms with Gasteiger partial charge in [-0.3, -0.25) is 9.36 Å². The molecule has 0 bridgehead atoms. The van der Waals surface area contributed by atoms with Crippen molar-refractivity contribution in [1.29, 1.82) is 0 Å². The molecule has 6 nitrogen and oxygen atoms in total. The van der Waals surface area contributed by atoms with E-state index in [1.165, 1.54) is 0 Å². The van der Waals surface area contributed by atoms with Crippen molar-refractivity contribution in [3.63, 3.8) is 0 Å². The van der Waals surface area contributed by atoms with Gasteiger partial charge in [0.15, 0.2) is 0 Å². The summed E-state index contributed by atoms with van der Waals surface area (Å²) in [5, 5.41) is 8.69. The summed E-state index contributed by atoms with van der Waals surface area (Å²) in [6.45, 7) is 6.33. The Kier molecular flexibility index (Phi) is 3.54. The second kappa shape index (κ2) is 5.26. The summed E-state index contributed by atoms with van der Waals surface area (Å²) in [6, 6.07) is 1.88. The quantitative estimate of drug-likeness (QED) is 0.814. The average molecular weight is 302 g/mol. The van der Waals surface area contributed by atoms with E-state index in [0.29, 0.717) is 11.6 Å². The molecule has 6 heteroatoms. The Labute approximate surface area is 130 Å². The van der Waals surface area contributed by atoms with Gasteiger partial charge in [0, 0.05) is 24.7 Å². The standard InChI is InChI=1S/C16H22N4O2/c1-16(2,3)20-14(7-13(18-20)12-5-6-12)15(21)22-10-11-8-17-19(4)9-11/h7-9,12H,5-6,10H2,1-4H3. The molecule has 0 saturated heterocycles. The Bertz CT molecular complexity index is 689. The summed E-state index contributed by atoms with van der Waals surface area (Å²) >= 11 is 0. The summed E-state index contributed by atoms with van der Waals surface area (Å²) in [4.78, 5) is 12.4. The molecule has 118 valence electrons. The third-order valence-electron chi connectivity index (χ3n) is 3.70. The molecule has 22 heavy (non-hydrogen) atoms. The predicted octanol–water partition coefficient (Wildman–Crippen LogP) is 2.61. The van der Waals surface area contributed by atoms with E-state index in [9.17, 15) is 4.79 Å². The van der Waals surface area contributed by atoms with E-state index in [0.717, 1.165) is 24.1 Å². The Balaban J connectivity index is 1.78. The van der Waals surface area contributed by atoms with E-state index < -0.39 is 0 Å².